The van der Waals surface area contributed by atoms with Crippen LogP contribution in [0, 0.1) is 0 Å². The van der Waals surface area contributed by atoms with E-state index in [-0.39, 0.29) is 0 Å². The summed E-state index contributed by atoms with van der Waals surface area (Å²) in [6.45, 7) is 4.10. The first-order valence-corrected chi connectivity index (χ1v) is 14.9. The van der Waals surface area contributed by atoms with Gasteiger partial charge < -0.3 is 23.8 Å². The van der Waals surface area contributed by atoms with Gasteiger partial charge in [0.25, 0.3) is 11.8 Å². The van der Waals surface area contributed by atoms with E-state index >= 15 is 0 Å². The lowest BCUT2D eigenvalue weighted by atomic mass is 10.1. The highest BCUT2D eigenvalue weighted by atomic mass is 35.5. The molecule has 1 aliphatic carbocycles. The number of carbonyl (C=O) groups is 1. The second kappa shape index (κ2) is 12.3. The first kappa shape index (κ1) is 29.7. The minimum Gasteiger partial charge on any atom is -0.478 e. The van der Waals surface area contributed by atoms with E-state index in [1.54, 1.807) is 30.3 Å². The van der Waals surface area contributed by atoms with Crippen molar-refractivity contribution in [2.45, 2.75) is 51.2 Å². The fraction of sp³-hybridized carbons (Fsp3) is 0.281. The van der Waals surface area contributed by atoms with E-state index in [0.29, 0.717) is 70.3 Å². The van der Waals surface area contributed by atoms with Crippen LogP contribution in [-0.4, -0.2) is 43.5 Å². The number of aliphatic carboxylic acids is 1. The van der Waals surface area contributed by atoms with Gasteiger partial charge in [-0.2, -0.15) is 9.97 Å². The highest BCUT2D eigenvalue weighted by Gasteiger charge is 2.30. The number of carboxylic acids is 1. The summed E-state index contributed by atoms with van der Waals surface area (Å²) in [5.41, 5.74) is 2.27. The third-order valence-electron chi connectivity index (χ3n) is 7.30. The van der Waals surface area contributed by atoms with Crippen LogP contribution in [-0.2, 0) is 17.8 Å². The largest absolute Gasteiger partial charge is 0.478 e. The molecule has 0 atom stereocenters. The van der Waals surface area contributed by atoms with Crippen LogP contribution in [0.15, 0.2) is 75.8 Å². The van der Waals surface area contributed by atoms with Gasteiger partial charge in [0.05, 0.1) is 10.0 Å². The number of hydrogen-bond donors (Lipinski definition) is 1. The van der Waals surface area contributed by atoms with Gasteiger partial charge in [0, 0.05) is 30.1 Å². The molecule has 2 aromatic heterocycles. The summed E-state index contributed by atoms with van der Waals surface area (Å²) in [6, 6.07) is 20.5. The van der Waals surface area contributed by atoms with E-state index in [1.165, 1.54) is 13.8 Å². The van der Waals surface area contributed by atoms with Crippen LogP contribution in [0.4, 0.5) is 5.95 Å². The van der Waals surface area contributed by atoms with Gasteiger partial charge in [0.2, 0.25) is 11.7 Å². The Morgan fingerprint density at radius 2 is 1.64 bits per heavy atom. The minimum absolute atomic E-state index is 0.324. The van der Waals surface area contributed by atoms with Crippen LogP contribution in [0.2, 0.25) is 10.0 Å². The van der Waals surface area contributed by atoms with Gasteiger partial charge in [-0.05, 0) is 79.7 Å². The highest BCUT2D eigenvalue weighted by Crippen LogP contribution is 2.39. The molecule has 12 heteroatoms. The topological polar surface area (TPSA) is 128 Å². The Morgan fingerprint density at radius 3 is 2.32 bits per heavy atom. The van der Waals surface area contributed by atoms with Gasteiger partial charge in [0.1, 0.15) is 5.75 Å². The number of benzene rings is 3. The number of carboxylic acid groups (broad SMARTS) is 1. The molecule has 0 amide bonds. The third kappa shape index (κ3) is 6.87. The van der Waals surface area contributed by atoms with Gasteiger partial charge in [-0.3, -0.25) is 0 Å². The molecule has 2 heterocycles. The zero-order valence-corrected chi connectivity index (χ0v) is 25.5. The average Bonchev–Trinajstić information content (AvgIpc) is 3.52. The predicted molar refractivity (Wildman–Crippen MR) is 165 cm³/mol. The van der Waals surface area contributed by atoms with Crippen molar-refractivity contribution in [3.8, 4) is 28.6 Å². The van der Waals surface area contributed by atoms with E-state index < -0.39 is 11.6 Å². The van der Waals surface area contributed by atoms with Crippen LogP contribution in [0.3, 0.4) is 0 Å². The maximum atomic E-state index is 11.4. The SMILES string of the molecule is CC(C)(Oc1ccc(CCN(Cc2ccc(-c3noc(C4CC4)n3)cc2)c2noc(-c3ccc(Cl)c(Cl)c3)n2)cc1)C(=O)O. The summed E-state index contributed by atoms with van der Waals surface area (Å²) in [6.07, 6.45) is 2.85. The number of rotatable bonds is 12. The first-order valence-electron chi connectivity index (χ1n) is 14.1. The number of halogens is 2. The average molecular weight is 635 g/mol. The van der Waals surface area contributed by atoms with Crippen molar-refractivity contribution >= 4 is 35.1 Å². The Morgan fingerprint density at radius 1 is 0.932 bits per heavy atom. The molecule has 1 aliphatic rings. The van der Waals surface area contributed by atoms with Crippen molar-refractivity contribution in [3.05, 3.63) is 93.8 Å². The zero-order chi connectivity index (χ0) is 30.8. The zero-order valence-electron chi connectivity index (χ0n) is 24.0. The molecule has 1 N–H and O–H groups in total. The molecule has 0 radical (unpaired) electrons. The van der Waals surface area contributed by atoms with Gasteiger partial charge in [-0.25, -0.2) is 4.79 Å². The predicted octanol–water partition coefficient (Wildman–Crippen LogP) is 7.46. The summed E-state index contributed by atoms with van der Waals surface area (Å²) < 4.78 is 16.7. The van der Waals surface area contributed by atoms with Gasteiger partial charge in [0.15, 0.2) is 5.60 Å². The van der Waals surface area contributed by atoms with E-state index in [1.807, 2.05) is 41.3 Å². The van der Waals surface area contributed by atoms with Gasteiger partial charge in [-0.1, -0.05) is 64.8 Å². The van der Waals surface area contributed by atoms with Crippen molar-refractivity contribution in [1.29, 1.82) is 0 Å². The van der Waals surface area contributed by atoms with Crippen LogP contribution in [0.1, 0.15) is 49.6 Å². The summed E-state index contributed by atoms with van der Waals surface area (Å²) in [7, 11) is 0. The fourth-order valence-corrected chi connectivity index (χ4v) is 4.79. The molecular formula is C32H29Cl2N5O5. The Labute approximate surface area is 263 Å². The van der Waals surface area contributed by atoms with Crippen LogP contribution in [0.5, 0.6) is 5.75 Å². The lowest BCUT2D eigenvalue weighted by Crippen LogP contribution is -2.37. The smallest absolute Gasteiger partial charge is 0.347 e. The third-order valence-corrected chi connectivity index (χ3v) is 8.04. The van der Waals surface area contributed by atoms with Crippen molar-refractivity contribution in [2.75, 3.05) is 11.4 Å². The summed E-state index contributed by atoms with van der Waals surface area (Å²) in [5, 5.41) is 18.6. The standard InChI is InChI=1S/C32H29Cl2N5O5/c1-32(2,30(40)41)42-24-12-5-19(6-13-24)15-16-39(31-36-29(44-38-31)23-11-14-25(33)26(34)17-23)18-20-3-7-21(8-4-20)27-35-28(43-37-27)22-9-10-22/h3-8,11-14,17,22H,9-10,15-16,18H2,1-2H3,(H,40,41). The quantitative estimate of drug-likeness (QED) is 0.148. The number of hydrogen-bond acceptors (Lipinski definition) is 9. The molecule has 0 unspecified atom stereocenters. The molecule has 44 heavy (non-hydrogen) atoms. The molecule has 1 saturated carbocycles. The molecule has 0 saturated heterocycles. The van der Waals surface area contributed by atoms with Gasteiger partial charge >= 0.3 is 5.97 Å². The summed E-state index contributed by atoms with van der Waals surface area (Å²) >= 11 is 12.3. The Balaban J connectivity index is 1.20. The van der Waals surface area contributed by atoms with E-state index in [2.05, 4.69) is 20.3 Å². The number of ether oxygens (including phenoxy) is 1. The number of nitrogens with zero attached hydrogens (tertiary/aromatic N) is 5. The maximum Gasteiger partial charge on any atom is 0.347 e. The van der Waals surface area contributed by atoms with Crippen LogP contribution in [0.25, 0.3) is 22.8 Å². The van der Waals surface area contributed by atoms with E-state index in [9.17, 15) is 9.90 Å². The number of anilines is 1. The Bertz CT molecular complexity index is 1760. The second-order valence-electron chi connectivity index (χ2n) is 11.2. The molecule has 3 aromatic carbocycles. The summed E-state index contributed by atoms with van der Waals surface area (Å²) in [5.74, 6) is 1.87. The molecular weight excluding hydrogens is 605 g/mol. The first-order chi connectivity index (χ1) is 21.1. The van der Waals surface area contributed by atoms with Crippen molar-refractivity contribution in [3.63, 3.8) is 0 Å². The lowest BCUT2D eigenvalue weighted by molar-refractivity contribution is -0.152. The molecule has 226 valence electrons. The molecule has 1 fully saturated rings. The second-order valence-corrected chi connectivity index (χ2v) is 12.0. The van der Waals surface area contributed by atoms with E-state index in [4.69, 9.17) is 37.0 Å². The normalized spacial score (nSPS) is 13.2. The van der Waals surface area contributed by atoms with Crippen molar-refractivity contribution in [1.82, 2.24) is 20.3 Å². The van der Waals surface area contributed by atoms with Crippen LogP contribution >= 0.6 is 23.2 Å². The molecule has 0 bridgehead atoms. The van der Waals surface area contributed by atoms with Crippen LogP contribution < -0.4 is 9.64 Å². The summed E-state index contributed by atoms with van der Waals surface area (Å²) in [4.78, 5) is 22.7. The molecule has 6 rings (SSSR count). The number of aromatic nitrogens is 4. The Kier molecular flexibility index (Phi) is 8.29. The molecule has 0 spiro atoms. The molecule has 0 aliphatic heterocycles. The van der Waals surface area contributed by atoms with Gasteiger partial charge in [-0.15, -0.1) is 0 Å². The monoisotopic (exact) mass is 633 g/mol. The molecule has 5 aromatic rings. The van der Waals surface area contributed by atoms with E-state index in [0.717, 1.165) is 29.5 Å². The maximum absolute atomic E-state index is 11.4. The minimum atomic E-state index is -1.33. The van der Waals surface area contributed by atoms with Crippen molar-refractivity contribution < 1.29 is 23.7 Å². The van der Waals surface area contributed by atoms with Crippen molar-refractivity contribution in [2.24, 2.45) is 0 Å². The molecule has 10 nitrogen and oxygen atoms in total. The lowest BCUT2D eigenvalue weighted by Gasteiger charge is -2.22. The highest BCUT2D eigenvalue weighted by molar-refractivity contribution is 6.42. The Hall–Kier alpha value is -4.41. The fourth-order valence-electron chi connectivity index (χ4n) is 4.50.